The van der Waals surface area contributed by atoms with Crippen molar-refractivity contribution in [3.05, 3.63) is 24.0 Å². The summed E-state index contributed by atoms with van der Waals surface area (Å²) in [6.45, 7) is 3.91. The molecule has 1 fully saturated rings. The molecule has 1 N–H and O–H groups in total. The Morgan fingerprint density at radius 3 is 3.07 bits per heavy atom. The van der Waals surface area contributed by atoms with Crippen molar-refractivity contribution in [2.45, 2.75) is 38.8 Å². The van der Waals surface area contributed by atoms with Gasteiger partial charge in [-0.2, -0.15) is 0 Å². The van der Waals surface area contributed by atoms with Crippen LogP contribution in [0.5, 0.6) is 5.75 Å². The minimum absolute atomic E-state index is 0.438. The Morgan fingerprint density at radius 1 is 1.53 bits per heavy atom. The molecule has 0 saturated heterocycles. The Bertz CT molecular complexity index is 310. The number of nitrogens with one attached hydrogen (secondary N) is 1. The molecule has 0 spiro atoms. The lowest BCUT2D eigenvalue weighted by atomic mass is 9.96. The van der Waals surface area contributed by atoms with E-state index in [1.165, 1.54) is 19.3 Å². The molecule has 3 nitrogen and oxygen atoms in total. The van der Waals surface area contributed by atoms with Gasteiger partial charge < -0.3 is 10.1 Å². The van der Waals surface area contributed by atoms with Gasteiger partial charge in [0.05, 0.1) is 6.10 Å². The second-order valence-corrected chi connectivity index (χ2v) is 3.93. The van der Waals surface area contributed by atoms with E-state index in [0.29, 0.717) is 6.10 Å². The normalized spacial score (nSPS) is 16.1. The third kappa shape index (κ3) is 2.69. The fourth-order valence-corrected chi connectivity index (χ4v) is 1.59. The molecule has 3 heteroatoms. The Hall–Kier alpha value is -1.09. The molecule has 0 unspecified atom stereocenters. The Labute approximate surface area is 90.9 Å². The smallest absolute Gasteiger partial charge is 0.127 e. The van der Waals surface area contributed by atoms with Gasteiger partial charge >= 0.3 is 0 Å². The summed E-state index contributed by atoms with van der Waals surface area (Å²) >= 11 is 0. The number of pyridine rings is 1. The SMILES string of the molecule is CCNCc1cnccc1OC1CCC1. The van der Waals surface area contributed by atoms with E-state index in [0.717, 1.165) is 24.4 Å². The van der Waals surface area contributed by atoms with Crippen molar-refractivity contribution in [2.75, 3.05) is 6.54 Å². The highest BCUT2D eigenvalue weighted by molar-refractivity contribution is 5.30. The van der Waals surface area contributed by atoms with Gasteiger partial charge in [-0.05, 0) is 31.9 Å². The second-order valence-electron chi connectivity index (χ2n) is 3.93. The fraction of sp³-hybridized carbons (Fsp3) is 0.583. The first-order valence-electron chi connectivity index (χ1n) is 5.70. The van der Waals surface area contributed by atoms with Crippen LogP contribution < -0.4 is 10.1 Å². The summed E-state index contributed by atoms with van der Waals surface area (Å²) < 4.78 is 5.90. The van der Waals surface area contributed by atoms with Gasteiger partial charge in [-0.25, -0.2) is 0 Å². The molecule has 0 aliphatic heterocycles. The fourth-order valence-electron chi connectivity index (χ4n) is 1.59. The molecule has 0 amide bonds. The van der Waals surface area contributed by atoms with Crippen LogP contribution in [0.2, 0.25) is 0 Å². The summed E-state index contributed by atoms with van der Waals surface area (Å²) in [6, 6.07) is 1.96. The second kappa shape index (κ2) is 5.12. The van der Waals surface area contributed by atoms with Gasteiger partial charge in [-0.15, -0.1) is 0 Å². The molecule has 0 atom stereocenters. The van der Waals surface area contributed by atoms with Crippen molar-refractivity contribution < 1.29 is 4.74 Å². The quantitative estimate of drug-likeness (QED) is 0.801. The van der Waals surface area contributed by atoms with Gasteiger partial charge in [0, 0.05) is 24.5 Å². The molecule has 1 aliphatic carbocycles. The van der Waals surface area contributed by atoms with Crippen LogP contribution in [0, 0.1) is 0 Å². The van der Waals surface area contributed by atoms with Crippen LogP contribution in [0.3, 0.4) is 0 Å². The number of ether oxygens (including phenoxy) is 1. The van der Waals surface area contributed by atoms with Crippen molar-refractivity contribution in [3.8, 4) is 5.75 Å². The first kappa shape index (κ1) is 10.4. The summed E-state index contributed by atoms with van der Waals surface area (Å²) in [4.78, 5) is 4.13. The van der Waals surface area contributed by atoms with Crippen molar-refractivity contribution in [2.24, 2.45) is 0 Å². The van der Waals surface area contributed by atoms with Crippen LogP contribution in [0.1, 0.15) is 31.7 Å². The third-order valence-corrected chi connectivity index (χ3v) is 2.77. The standard InChI is InChI=1S/C12H18N2O/c1-2-13-8-10-9-14-7-6-12(10)15-11-4-3-5-11/h6-7,9,11,13H,2-5,8H2,1H3. The van der Waals surface area contributed by atoms with Gasteiger partial charge in [0.2, 0.25) is 0 Å². The van der Waals surface area contributed by atoms with E-state index in [1.54, 1.807) is 6.20 Å². The van der Waals surface area contributed by atoms with E-state index in [1.807, 2.05) is 12.3 Å². The van der Waals surface area contributed by atoms with Crippen LogP contribution in [-0.2, 0) is 6.54 Å². The summed E-state index contributed by atoms with van der Waals surface area (Å²) in [6.07, 6.45) is 7.82. The van der Waals surface area contributed by atoms with Crippen molar-refractivity contribution >= 4 is 0 Å². The lowest BCUT2D eigenvalue weighted by Gasteiger charge is -2.27. The maximum absolute atomic E-state index is 5.90. The average molecular weight is 206 g/mol. The van der Waals surface area contributed by atoms with E-state index in [2.05, 4.69) is 17.2 Å². The zero-order chi connectivity index (χ0) is 10.5. The number of hydrogen-bond donors (Lipinski definition) is 1. The molecular weight excluding hydrogens is 188 g/mol. The summed E-state index contributed by atoms with van der Waals surface area (Å²) in [5.74, 6) is 0.996. The van der Waals surface area contributed by atoms with Crippen LogP contribution >= 0.6 is 0 Å². The number of nitrogens with zero attached hydrogens (tertiary/aromatic N) is 1. The molecule has 82 valence electrons. The molecule has 1 aromatic rings. The largest absolute Gasteiger partial charge is 0.490 e. The predicted molar refractivity (Wildman–Crippen MR) is 59.9 cm³/mol. The van der Waals surface area contributed by atoms with Gasteiger partial charge in [0.1, 0.15) is 5.75 Å². The topological polar surface area (TPSA) is 34.2 Å². The first-order valence-corrected chi connectivity index (χ1v) is 5.70. The summed E-state index contributed by atoms with van der Waals surface area (Å²) in [7, 11) is 0. The average Bonchev–Trinajstić information content (AvgIpc) is 2.22. The highest BCUT2D eigenvalue weighted by Gasteiger charge is 2.20. The van der Waals surface area contributed by atoms with E-state index in [-0.39, 0.29) is 0 Å². The molecule has 15 heavy (non-hydrogen) atoms. The monoisotopic (exact) mass is 206 g/mol. The molecule has 0 radical (unpaired) electrons. The van der Waals surface area contributed by atoms with Crippen LogP contribution in [0.15, 0.2) is 18.5 Å². The lowest BCUT2D eigenvalue weighted by Crippen LogP contribution is -2.25. The van der Waals surface area contributed by atoms with Crippen LogP contribution in [-0.4, -0.2) is 17.6 Å². The minimum atomic E-state index is 0.438. The predicted octanol–water partition coefficient (Wildman–Crippen LogP) is 2.12. The van der Waals surface area contributed by atoms with Crippen LogP contribution in [0.25, 0.3) is 0 Å². The molecule has 1 aromatic heterocycles. The highest BCUT2D eigenvalue weighted by atomic mass is 16.5. The number of aromatic nitrogens is 1. The van der Waals surface area contributed by atoms with Gasteiger partial charge in [0.25, 0.3) is 0 Å². The first-order chi connectivity index (χ1) is 7.40. The zero-order valence-corrected chi connectivity index (χ0v) is 9.20. The van der Waals surface area contributed by atoms with E-state index >= 15 is 0 Å². The lowest BCUT2D eigenvalue weighted by molar-refractivity contribution is 0.119. The third-order valence-electron chi connectivity index (χ3n) is 2.77. The number of rotatable bonds is 5. The minimum Gasteiger partial charge on any atom is -0.490 e. The molecular formula is C12H18N2O. The van der Waals surface area contributed by atoms with Crippen LogP contribution in [0.4, 0.5) is 0 Å². The molecule has 2 rings (SSSR count). The maximum atomic E-state index is 5.90. The summed E-state index contributed by atoms with van der Waals surface area (Å²) in [5.41, 5.74) is 1.16. The van der Waals surface area contributed by atoms with Crippen molar-refractivity contribution in [1.29, 1.82) is 0 Å². The van der Waals surface area contributed by atoms with Crippen molar-refractivity contribution in [3.63, 3.8) is 0 Å². The molecule has 0 bridgehead atoms. The Morgan fingerprint density at radius 2 is 2.40 bits per heavy atom. The van der Waals surface area contributed by atoms with E-state index < -0.39 is 0 Å². The zero-order valence-electron chi connectivity index (χ0n) is 9.20. The van der Waals surface area contributed by atoms with E-state index in [4.69, 9.17) is 4.74 Å². The van der Waals surface area contributed by atoms with Gasteiger partial charge in [0.15, 0.2) is 0 Å². The van der Waals surface area contributed by atoms with Gasteiger partial charge in [-0.3, -0.25) is 4.98 Å². The van der Waals surface area contributed by atoms with Gasteiger partial charge in [-0.1, -0.05) is 6.92 Å². The Kier molecular flexibility index (Phi) is 3.56. The van der Waals surface area contributed by atoms with Crippen molar-refractivity contribution in [1.82, 2.24) is 10.3 Å². The maximum Gasteiger partial charge on any atom is 0.127 e. The molecule has 0 aromatic carbocycles. The highest BCUT2D eigenvalue weighted by Crippen LogP contribution is 2.26. The van der Waals surface area contributed by atoms with E-state index in [9.17, 15) is 0 Å². The summed E-state index contributed by atoms with van der Waals surface area (Å²) in [5, 5.41) is 3.29. The Balaban J connectivity index is 1.99. The molecule has 1 heterocycles. The molecule has 1 aliphatic rings. The number of hydrogen-bond acceptors (Lipinski definition) is 3. The molecule has 1 saturated carbocycles.